The first-order valence-electron chi connectivity index (χ1n) is 22.4. The summed E-state index contributed by atoms with van der Waals surface area (Å²) in [6.07, 6.45) is -2.75. The van der Waals surface area contributed by atoms with E-state index in [1.807, 2.05) is 20.8 Å². The summed E-state index contributed by atoms with van der Waals surface area (Å²) >= 11 is 11.5. The van der Waals surface area contributed by atoms with Gasteiger partial charge in [-0.05, 0) is 75.2 Å². The lowest BCUT2D eigenvalue weighted by Crippen LogP contribution is -2.36. The third-order valence-electron chi connectivity index (χ3n) is 8.92. The lowest BCUT2D eigenvalue weighted by atomic mass is 10.1. The van der Waals surface area contributed by atoms with Crippen molar-refractivity contribution in [2.75, 3.05) is 69.9 Å². The number of urea groups is 1. The number of carbonyl (C=O) groups is 4. The second kappa shape index (κ2) is 30.7. The summed E-state index contributed by atoms with van der Waals surface area (Å²) in [5, 5.41) is 26.7. The van der Waals surface area contributed by atoms with Crippen molar-refractivity contribution in [1.29, 1.82) is 0 Å². The van der Waals surface area contributed by atoms with Crippen molar-refractivity contribution in [2.45, 2.75) is 50.5 Å². The fraction of sp³-hybridized carbons (Fsp3) is 0.349. The van der Waals surface area contributed by atoms with Crippen LogP contribution in [0.3, 0.4) is 0 Å². The van der Waals surface area contributed by atoms with E-state index in [-0.39, 0.29) is 58.7 Å². The van der Waals surface area contributed by atoms with Gasteiger partial charge in [0, 0.05) is 57.8 Å². The number of hydrogen-bond acceptors (Lipinski definition) is 23. The van der Waals surface area contributed by atoms with Crippen LogP contribution >= 0.6 is 30.6 Å². The van der Waals surface area contributed by atoms with Crippen LogP contribution < -0.4 is 45.3 Å². The number of nitrogens with two attached hydrogens (primary N) is 1. The number of carbonyl (C=O) groups excluding carboxylic acids is 3. The molecule has 0 bridgehead atoms. The number of aliphatic carboxylic acids is 1. The molecule has 444 valence electrons. The molecule has 30 nitrogen and oxygen atoms in total. The standard InChI is InChI=1S/C15H10ClF3N2O6S.C15H18N6O6S.C8H14ClN5.C5H12NO4P/c1-28(25,26)20-14(22)10-7-9(3-4-12(10)21(23)24)27-13-5-2-8(6-11(13)16)15(17,18)19;1-21(2)13(22)9-6-5-7-16-12(9)28(24,25)20-15(23)19-14-17-10(26-3)8-11(18-14)27-4;1-4-10-7-12-6(9)13-8(14-7)11-5(2)3;1-11(9,10)3-2-4(6)5(7)8/h2-7H,1H3,(H,20,22);5-8H,1-4H3,(H2,17,18,19,20,23);5H,4H2,1-3H3,(H2,10,11,12,13,14);4H,2-3,6H2,1H3,(H,7,8)(H,9,10). The average molecular weight is 1250 g/mol. The molecule has 0 radical (unpaired) electrons. The molecule has 0 saturated carbocycles. The normalized spacial score (nSPS) is 12.1. The predicted octanol–water partition coefficient (Wildman–Crippen LogP) is 5.32. The molecule has 81 heavy (non-hydrogen) atoms. The monoisotopic (exact) mass is 1240 g/mol. The van der Waals surface area contributed by atoms with Gasteiger partial charge < -0.3 is 45.5 Å². The summed E-state index contributed by atoms with van der Waals surface area (Å²) in [6.45, 7) is 7.91. The van der Waals surface area contributed by atoms with E-state index in [2.05, 4.69) is 45.9 Å². The van der Waals surface area contributed by atoms with E-state index in [1.54, 1.807) is 9.44 Å². The summed E-state index contributed by atoms with van der Waals surface area (Å²) in [6, 6.07) is 7.23. The van der Waals surface area contributed by atoms with E-state index < -0.39 is 95.2 Å². The number of carboxylic acids is 1. The summed E-state index contributed by atoms with van der Waals surface area (Å²) in [5.41, 5.74) is 2.56. The number of aromatic nitrogens is 6. The minimum absolute atomic E-state index is 0.0412. The van der Waals surface area contributed by atoms with E-state index >= 15 is 0 Å². The maximum atomic E-state index is 12.7. The Balaban J connectivity index is 0.000000395. The van der Waals surface area contributed by atoms with Gasteiger partial charge in [0.1, 0.15) is 23.1 Å². The van der Waals surface area contributed by atoms with Gasteiger partial charge in [-0.3, -0.25) is 34.4 Å². The van der Waals surface area contributed by atoms with Crippen LogP contribution in [0.2, 0.25) is 10.3 Å². The Labute approximate surface area is 470 Å². The number of alkyl halides is 3. The maximum Gasteiger partial charge on any atom is 0.416 e. The number of halogens is 5. The van der Waals surface area contributed by atoms with Crippen molar-refractivity contribution in [1.82, 2.24) is 44.2 Å². The number of sulfonamides is 2. The zero-order valence-electron chi connectivity index (χ0n) is 44.0. The summed E-state index contributed by atoms with van der Waals surface area (Å²) in [7, 11) is -5.95. The van der Waals surface area contributed by atoms with E-state index in [0.717, 1.165) is 30.8 Å². The van der Waals surface area contributed by atoms with Crippen LogP contribution in [-0.2, 0) is 35.6 Å². The number of carboxylic acid groups (broad SMARTS) is 1. The topological polar surface area (TPSA) is 432 Å². The highest BCUT2D eigenvalue weighted by Gasteiger charge is 2.32. The molecule has 0 spiro atoms. The molecule has 2 unspecified atom stereocenters. The number of pyridine rings is 1. The first-order valence-corrected chi connectivity index (χ1v) is 28.8. The number of benzene rings is 2. The number of hydrogen-bond donors (Lipinski definition) is 8. The highest BCUT2D eigenvalue weighted by atomic mass is 35.5. The number of ether oxygens (including phenoxy) is 3. The molecule has 0 aliphatic rings. The molecule has 4 amide bonds. The molecule has 2 atom stereocenters. The quantitative estimate of drug-likeness (QED) is 0.0295. The van der Waals surface area contributed by atoms with Crippen LogP contribution in [-0.4, -0.2) is 156 Å². The minimum Gasteiger partial charge on any atom is -0.481 e. The smallest absolute Gasteiger partial charge is 0.416 e. The van der Waals surface area contributed by atoms with Gasteiger partial charge in [0.25, 0.3) is 27.5 Å². The first-order chi connectivity index (χ1) is 37.4. The molecule has 38 heteroatoms. The van der Waals surface area contributed by atoms with Gasteiger partial charge in [-0.1, -0.05) is 11.6 Å². The van der Waals surface area contributed by atoms with Gasteiger partial charge in [-0.15, -0.1) is 0 Å². The molecular formula is C43H54Cl2F3N14O16PS2. The number of nitro benzene ring substituents is 1. The number of nitrogens with zero attached hydrogens (tertiary/aromatic N) is 8. The van der Waals surface area contributed by atoms with Gasteiger partial charge in [0.05, 0.1) is 47.6 Å². The molecule has 5 rings (SSSR count). The number of amides is 4. The van der Waals surface area contributed by atoms with Crippen LogP contribution in [0.4, 0.5) is 41.5 Å². The van der Waals surface area contributed by atoms with Gasteiger partial charge in [-0.2, -0.15) is 46.5 Å². The Kier molecular flexibility index (Phi) is 26.2. The Hall–Kier alpha value is -7.82. The molecule has 0 fully saturated rings. The molecule has 5 aromatic rings. The van der Waals surface area contributed by atoms with E-state index in [9.17, 15) is 63.9 Å². The van der Waals surface area contributed by atoms with Crippen LogP contribution in [0.1, 0.15) is 53.5 Å². The molecular weight excluding hydrogens is 1190 g/mol. The summed E-state index contributed by atoms with van der Waals surface area (Å²) < 4.78 is 115. The third kappa shape index (κ3) is 24.6. The largest absolute Gasteiger partial charge is 0.481 e. The number of anilines is 3. The first kappa shape index (κ1) is 69.3. The zero-order chi connectivity index (χ0) is 61.8. The second-order valence-corrected chi connectivity index (χ2v) is 23.0. The Morgan fingerprint density at radius 1 is 0.901 bits per heavy atom. The van der Waals surface area contributed by atoms with Gasteiger partial charge in [-0.25, -0.2) is 27.6 Å². The van der Waals surface area contributed by atoms with E-state index in [0.29, 0.717) is 30.3 Å². The maximum absolute atomic E-state index is 12.7. The lowest BCUT2D eigenvalue weighted by Gasteiger charge is -2.14. The highest BCUT2D eigenvalue weighted by Crippen LogP contribution is 2.38. The molecule has 2 aromatic carbocycles. The van der Waals surface area contributed by atoms with Gasteiger partial charge in [0.2, 0.25) is 44.9 Å². The Morgan fingerprint density at radius 3 is 2.00 bits per heavy atom. The van der Waals surface area contributed by atoms with Gasteiger partial charge >= 0.3 is 18.2 Å². The number of nitrogens with one attached hydrogen (secondary N) is 5. The molecule has 9 N–H and O–H groups in total. The fourth-order valence-corrected chi connectivity index (χ4v) is 8.04. The van der Waals surface area contributed by atoms with Crippen molar-refractivity contribution < 1.29 is 82.9 Å². The Bertz CT molecular complexity index is 3310. The van der Waals surface area contributed by atoms with Gasteiger partial charge in [0.15, 0.2) is 12.4 Å². The molecule has 0 saturated heterocycles. The molecule has 0 aliphatic carbocycles. The third-order valence-corrected chi connectivity index (χ3v) is 12.3. The van der Waals surface area contributed by atoms with Crippen molar-refractivity contribution in [3.8, 4) is 23.3 Å². The van der Waals surface area contributed by atoms with Crippen molar-refractivity contribution in [3.63, 3.8) is 0 Å². The van der Waals surface area contributed by atoms with Crippen molar-refractivity contribution >= 4 is 98.0 Å². The predicted molar refractivity (Wildman–Crippen MR) is 287 cm³/mol. The average Bonchev–Trinajstić information content (AvgIpc) is 3.34. The minimum atomic E-state index is -4.62. The number of rotatable bonds is 19. The molecule has 3 heterocycles. The lowest BCUT2D eigenvalue weighted by molar-refractivity contribution is -0.385. The second-order valence-electron chi connectivity index (χ2n) is 16.4. The highest BCUT2D eigenvalue weighted by molar-refractivity contribution is 7.90. The van der Waals surface area contributed by atoms with Crippen LogP contribution in [0.25, 0.3) is 0 Å². The van der Waals surface area contributed by atoms with Crippen LogP contribution in [0, 0.1) is 10.1 Å². The number of methoxy groups -OCH3 is 2. The molecule has 3 aromatic heterocycles. The zero-order valence-corrected chi connectivity index (χ0v) is 48.0. The summed E-state index contributed by atoms with van der Waals surface area (Å²) in [5.74, 6) is -2.49. The van der Waals surface area contributed by atoms with Crippen LogP contribution in [0.5, 0.6) is 23.3 Å². The van der Waals surface area contributed by atoms with Crippen molar-refractivity contribution in [2.24, 2.45) is 5.73 Å². The van der Waals surface area contributed by atoms with Crippen LogP contribution in [0.15, 0.2) is 65.8 Å². The number of nitro groups is 1. The fourth-order valence-electron chi connectivity index (χ4n) is 5.42. The van der Waals surface area contributed by atoms with E-state index in [4.69, 9.17) is 53.1 Å². The van der Waals surface area contributed by atoms with E-state index in [1.165, 1.54) is 64.3 Å². The molecule has 0 aliphatic heterocycles. The van der Waals surface area contributed by atoms with Crippen molar-refractivity contribution in [3.05, 3.63) is 97.9 Å². The Morgan fingerprint density at radius 2 is 1.51 bits per heavy atom. The SMILES string of the molecule is CCNc1nc(Cl)nc(NC(C)C)n1.COc1cc(OC)nc(NC(=O)NS(=O)(=O)c2ncccc2C(=O)N(C)C)n1.CP(=O)(O)CCC(N)C(=O)O.CS(=O)(=O)NC(=O)c1cc(Oc2ccc(C(F)(F)F)cc2Cl)ccc1[N+](=O)[O-]. The summed E-state index contributed by atoms with van der Waals surface area (Å²) in [4.78, 5) is 90.0.